The summed E-state index contributed by atoms with van der Waals surface area (Å²) in [6.45, 7) is 5.46. The van der Waals surface area contributed by atoms with Crippen LogP contribution in [0.1, 0.15) is 51.3 Å². The molecule has 8 heteroatoms. The lowest BCUT2D eigenvalue weighted by Gasteiger charge is -2.34. The molecule has 8 nitrogen and oxygen atoms in total. The van der Waals surface area contributed by atoms with Gasteiger partial charge in [0.2, 0.25) is 0 Å². The van der Waals surface area contributed by atoms with Gasteiger partial charge in [-0.25, -0.2) is 9.59 Å². The van der Waals surface area contributed by atoms with E-state index in [1.807, 2.05) is 45.0 Å². The summed E-state index contributed by atoms with van der Waals surface area (Å²) in [5.74, 6) is 0.437. The molecule has 4 aromatic rings. The van der Waals surface area contributed by atoms with Gasteiger partial charge in [-0.2, -0.15) is 0 Å². The number of rotatable bonds is 8. The molecule has 0 saturated carbocycles. The number of nitrogens with one attached hydrogen (secondary N) is 1. The summed E-state index contributed by atoms with van der Waals surface area (Å²) in [5.41, 5.74) is 4.57. The lowest BCUT2D eigenvalue weighted by Crippen LogP contribution is -2.45. The van der Waals surface area contributed by atoms with Gasteiger partial charge in [0.05, 0.1) is 30.9 Å². The molecule has 0 aliphatic carbocycles. The zero-order chi connectivity index (χ0) is 30.7. The summed E-state index contributed by atoms with van der Waals surface area (Å²) in [6, 6.07) is 22.8. The lowest BCUT2D eigenvalue weighted by molar-refractivity contribution is -0.122. The third kappa shape index (κ3) is 6.09. The van der Waals surface area contributed by atoms with Crippen molar-refractivity contribution in [1.29, 1.82) is 0 Å². The predicted molar refractivity (Wildman–Crippen MR) is 163 cm³/mol. The molecule has 0 unspecified atom stereocenters. The second-order valence-corrected chi connectivity index (χ2v) is 10.8. The van der Waals surface area contributed by atoms with E-state index in [4.69, 9.17) is 18.9 Å². The number of esters is 2. The van der Waals surface area contributed by atoms with Gasteiger partial charge in [0.25, 0.3) is 0 Å². The van der Waals surface area contributed by atoms with E-state index in [9.17, 15) is 14.4 Å². The number of methoxy groups -OCH3 is 2. The number of anilines is 1. The first-order valence-corrected chi connectivity index (χ1v) is 13.8. The Labute approximate surface area is 250 Å². The summed E-state index contributed by atoms with van der Waals surface area (Å²) in [6.07, 6.45) is 0.174. The van der Waals surface area contributed by atoms with Crippen LogP contribution in [-0.4, -0.2) is 37.5 Å². The fourth-order valence-electron chi connectivity index (χ4n) is 5.09. The monoisotopic (exact) mass is 579 g/mol. The Morgan fingerprint density at radius 2 is 1.53 bits per heavy atom. The summed E-state index contributed by atoms with van der Waals surface area (Å²) in [7, 11) is 3.08. The summed E-state index contributed by atoms with van der Waals surface area (Å²) in [5, 5.41) is 3.32. The van der Waals surface area contributed by atoms with Crippen molar-refractivity contribution < 1.29 is 33.3 Å². The number of carbonyl (C=O) groups is 3. The Morgan fingerprint density at radius 1 is 0.837 bits per heavy atom. The maximum Gasteiger partial charge on any atom is 0.343 e. The fourth-order valence-corrected chi connectivity index (χ4v) is 5.09. The molecule has 0 saturated heterocycles. The van der Waals surface area contributed by atoms with E-state index in [2.05, 4.69) is 5.32 Å². The van der Waals surface area contributed by atoms with Gasteiger partial charge in [-0.3, -0.25) is 4.79 Å². The van der Waals surface area contributed by atoms with Crippen LogP contribution in [0.15, 0.2) is 78.9 Å². The third-order valence-corrected chi connectivity index (χ3v) is 7.62. The van der Waals surface area contributed by atoms with Crippen molar-refractivity contribution in [3.8, 4) is 28.4 Å². The molecular weight excluding hydrogens is 546 g/mol. The lowest BCUT2D eigenvalue weighted by atomic mass is 9.83. The Balaban J connectivity index is 1.50. The van der Waals surface area contributed by atoms with E-state index in [0.29, 0.717) is 39.5 Å². The molecule has 0 aromatic heterocycles. The van der Waals surface area contributed by atoms with Crippen LogP contribution in [0.25, 0.3) is 11.1 Å². The number of carbonyl (C=O) groups excluding carboxylic acids is 3. The van der Waals surface area contributed by atoms with Gasteiger partial charge in [0.15, 0.2) is 5.78 Å². The number of fused-ring (bicyclic) bond motifs is 1. The van der Waals surface area contributed by atoms with Gasteiger partial charge < -0.3 is 24.3 Å². The van der Waals surface area contributed by atoms with Crippen molar-refractivity contribution in [1.82, 2.24) is 0 Å². The summed E-state index contributed by atoms with van der Waals surface area (Å²) < 4.78 is 22.4. The highest BCUT2D eigenvalue weighted by molar-refractivity contribution is 5.98. The second-order valence-electron chi connectivity index (χ2n) is 10.8. The summed E-state index contributed by atoms with van der Waals surface area (Å²) in [4.78, 5) is 38.9. The van der Waals surface area contributed by atoms with E-state index < -0.39 is 17.5 Å². The Bertz CT molecular complexity index is 1710. The number of aryl methyl sites for hydroxylation is 1. The highest BCUT2D eigenvalue weighted by atomic mass is 16.5. The third-order valence-electron chi connectivity index (χ3n) is 7.62. The van der Waals surface area contributed by atoms with Crippen molar-refractivity contribution in [3.63, 3.8) is 0 Å². The van der Waals surface area contributed by atoms with Crippen LogP contribution in [0.4, 0.5) is 5.69 Å². The maximum atomic E-state index is 13.1. The molecule has 220 valence electrons. The normalized spacial score (nSPS) is 13.4. The molecule has 1 aliphatic rings. The SMILES string of the molecule is COc1ccc(C(=O)OCc2c(-c3ccc(OC(=O)c4ccccc4C)cc3OC)ccc3c2CC(=O)C(C)(C)N3)cc1. The molecule has 5 rings (SSSR count). The smallest absolute Gasteiger partial charge is 0.343 e. The molecule has 0 bridgehead atoms. The van der Waals surface area contributed by atoms with Crippen LogP contribution < -0.4 is 19.5 Å². The largest absolute Gasteiger partial charge is 0.497 e. The molecule has 4 aromatic carbocycles. The first kappa shape index (κ1) is 29.4. The van der Waals surface area contributed by atoms with Crippen molar-refractivity contribution >= 4 is 23.4 Å². The highest BCUT2D eigenvalue weighted by Gasteiger charge is 2.35. The van der Waals surface area contributed by atoms with E-state index in [0.717, 1.165) is 22.4 Å². The van der Waals surface area contributed by atoms with Crippen LogP contribution in [0, 0.1) is 6.92 Å². The van der Waals surface area contributed by atoms with Gasteiger partial charge >= 0.3 is 11.9 Å². The van der Waals surface area contributed by atoms with E-state index >= 15 is 0 Å². The zero-order valence-corrected chi connectivity index (χ0v) is 24.8. The number of ether oxygens (including phenoxy) is 4. The number of ketones is 1. The van der Waals surface area contributed by atoms with E-state index in [1.165, 1.54) is 7.11 Å². The van der Waals surface area contributed by atoms with E-state index in [1.54, 1.807) is 61.7 Å². The molecule has 0 atom stereocenters. The molecule has 0 fully saturated rings. The van der Waals surface area contributed by atoms with Crippen LogP contribution in [-0.2, 0) is 22.6 Å². The van der Waals surface area contributed by atoms with Gasteiger partial charge in [-0.1, -0.05) is 24.3 Å². The van der Waals surface area contributed by atoms with Crippen molar-refractivity contribution in [3.05, 3.63) is 107 Å². The predicted octanol–water partition coefficient (Wildman–Crippen LogP) is 6.57. The quantitative estimate of drug-likeness (QED) is 0.185. The molecule has 0 spiro atoms. The number of hydrogen-bond acceptors (Lipinski definition) is 8. The molecular formula is C35H33NO7. The minimum absolute atomic E-state index is 0.0188. The average Bonchev–Trinajstić information content (AvgIpc) is 3.00. The van der Waals surface area contributed by atoms with Crippen LogP contribution in [0.5, 0.6) is 17.2 Å². The van der Waals surface area contributed by atoms with Crippen LogP contribution in [0.3, 0.4) is 0 Å². The number of benzene rings is 4. The van der Waals surface area contributed by atoms with Gasteiger partial charge in [0.1, 0.15) is 23.9 Å². The Morgan fingerprint density at radius 3 is 2.23 bits per heavy atom. The topological polar surface area (TPSA) is 100 Å². The summed E-state index contributed by atoms with van der Waals surface area (Å²) >= 11 is 0. The van der Waals surface area contributed by atoms with Crippen molar-refractivity contribution in [2.45, 2.75) is 39.3 Å². The zero-order valence-electron chi connectivity index (χ0n) is 24.8. The van der Waals surface area contributed by atoms with Crippen molar-refractivity contribution in [2.75, 3.05) is 19.5 Å². The average molecular weight is 580 g/mol. The molecule has 0 radical (unpaired) electrons. The molecule has 1 aliphatic heterocycles. The first-order valence-electron chi connectivity index (χ1n) is 13.8. The number of hydrogen-bond donors (Lipinski definition) is 1. The van der Waals surface area contributed by atoms with Crippen LogP contribution in [0.2, 0.25) is 0 Å². The van der Waals surface area contributed by atoms with Crippen LogP contribution >= 0.6 is 0 Å². The molecule has 0 amide bonds. The van der Waals surface area contributed by atoms with Gasteiger partial charge in [0, 0.05) is 29.3 Å². The molecule has 1 heterocycles. The van der Waals surface area contributed by atoms with Gasteiger partial charge in [-0.15, -0.1) is 0 Å². The minimum Gasteiger partial charge on any atom is -0.497 e. The molecule has 43 heavy (non-hydrogen) atoms. The second kappa shape index (κ2) is 12.0. The standard InChI is InChI=1S/C35H33NO7/c1-21-8-6-7-9-25(21)34(39)43-24-14-15-27(31(18-24)41-5)26-16-17-30-28(19-32(37)35(2,3)36-30)29(26)20-42-33(38)22-10-12-23(40-4)13-11-22/h6-18,36H,19-20H2,1-5H3. The maximum absolute atomic E-state index is 13.1. The Kier molecular flexibility index (Phi) is 8.21. The fraction of sp³-hybridized carbons (Fsp3) is 0.229. The van der Waals surface area contributed by atoms with Gasteiger partial charge in [-0.05, 0) is 86.0 Å². The van der Waals surface area contributed by atoms with Crippen molar-refractivity contribution in [2.24, 2.45) is 0 Å². The highest BCUT2D eigenvalue weighted by Crippen LogP contribution is 2.41. The molecule has 1 N–H and O–H groups in total. The Hall–Kier alpha value is -5.11. The first-order chi connectivity index (χ1) is 20.6. The number of Topliss-reactive ketones (excluding diaryl/α,β-unsaturated/α-hetero) is 1. The van der Waals surface area contributed by atoms with E-state index in [-0.39, 0.29) is 18.8 Å². The minimum atomic E-state index is -0.730.